The van der Waals surface area contributed by atoms with Gasteiger partial charge >= 0.3 is 69.5 Å². The van der Waals surface area contributed by atoms with E-state index in [2.05, 4.69) is 69.2 Å². The Kier molecular flexibility index (Phi) is 50.6. The molecule has 0 aromatic carbocycles. The van der Waals surface area contributed by atoms with Crippen LogP contribution in [0.4, 0.5) is 0 Å². The fraction of sp³-hybridized carbons (Fsp3) is 0.955. The summed E-state index contributed by atoms with van der Waals surface area (Å²) in [5, 5.41) is 22.8. The van der Waals surface area contributed by atoms with Gasteiger partial charge in [0, 0.05) is 0 Å². The minimum atomic E-state index is -0.898. The van der Waals surface area contributed by atoms with Crippen LogP contribution in [0.2, 0.25) is 8.87 Å². The molecule has 0 aliphatic carbocycles. The molecule has 316 valence electrons. The standard InChI is InChI=1S/2C18H36O2S2.2C4H9.Sn/c2*1-5-9-11-15(7-3)13-21-18(17(19)20)22-14-16(8-4)12-10-6-2;2*1-3-4-2;/h2*15-16,18H,5-14H2,1-4H3,(H,19,20);2*1,3-4H2,2H3;/q;;;;+2/p-2. The van der Waals surface area contributed by atoms with Crippen molar-refractivity contribution < 1.29 is 19.8 Å². The van der Waals surface area contributed by atoms with E-state index in [0.29, 0.717) is 23.7 Å². The fourth-order valence-electron chi connectivity index (χ4n) is 5.58. The molecule has 4 unspecified atom stereocenters. The molecule has 53 heavy (non-hydrogen) atoms. The number of carbonyl (C=O) groups excluding carboxylic acids is 2. The first-order valence-electron chi connectivity index (χ1n) is 22.2. The summed E-state index contributed by atoms with van der Waals surface area (Å²) in [6.45, 7) is 22.3. The second-order valence-corrected chi connectivity index (χ2v) is 24.2. The van der Waals surface area contributed by atoms with Crippen LogP contribution < -0.4 is 10.2 Å². The quantitative estimate of drug-likeness (QED) is 0.0349. The minimum absolute atomic E-state index is 0.149. The summed E-state index contributed by atoms with van der Waals surface area (Å²) >= 11 is 6.51. The number of aliphatic carboxylic acids is 2. The van der Waals surface area contributed by atoms with Crippen molar-refractivity contribution >= 4 is 80.1 Å². The number of carbonyl (C=O) groups is 2. The van der Waals surface area contributed by atoms with Gasteiger partial charge in [-0.25, -0.2) is 0 Å². The Bertz CT molecular complexity index is 663. The molecular formula is C44H88O4S4Sn. The Labute approximate surface area is 359 Å². The second-order valence-electron chi connectivity index (χ2n) is 14.8. The summed E-state index contributed by atoms with van der Waals surface area (Å²) in [5.41, 5.74) is 0. The third kappa shape index (κ3) is 39.7. The molecular weight excluding hydrogens is 839 g/mol. The molecule has 0 aliphatic rings. The molecule has 4 atom stereocenters. The first-order chi connectivity index (χ1) is 25.6. The average Bonchev–Trinajstić information content (AvgIpc) is 3.16. The van der Waals surface area contributed by atoms with Crippen molar-refractivity contribution in [3.63, 3.8) is 0 Å². The second kappa shape index (κ2) is 45.8. The third-order valence-electron chi connectivity index (χ3n) is 9.91. The van der Waals surface area contributed by atoms with Crippen molar-refractivity contribution in [3.05, 3.63) is 0 Å². The molecule has 9 heteroatoms. The van der Waals surface area contributed by atoms with E-state index in [4.69, 9.17) is 0 Å². The van der Waals surface area contributed by atoms with E-state index in [1.165, 1.54) is 103 Å². The van der Waals surface area contributed by atoms with Gasteiger partial charge in [-0.3, -0.25) is 0 Å². The Morgan fingerprint density at radius 2 is 0.642 bits per heavy atom. The van der Waals surface area contributed by atoms with E-state index in [1.54, 1.807) is 55.9 Å². The van der Waals surface area contributed by atoms with E-state index in [0.717, 1.165) is 48.7 Å². The van der Waals surface area contributed by atoms with Crippen molar-refractivity contribution in [1.82, 2.24) is 0 Å². The van der Waals surface area contributed by atoms with Gasteiger partial charge in [-0.05, 0) is 72.4 Å². The molecule has 0 amide bonds. The molecule has 0 radical (unpaired) electrons. The molecule has 0 saturated heterocycles. The Morgan fingerprint density at radius 3 is 0.811 bits per heavy atom. The number of carboxylic acid groups (broad SMARTS) is 2. The number of carboxylic acids is 2. The van der Waals surface area contributed by atoms with Gasteiger partial charge in [0.2, 0.25) is 0 Å². The predicted octanol–water partition coefficient (Wildman–Crippen LogP) is 13.1. The molecule has 0 heterocycles. The van der Waals surface area contributed by atoms with Crippen LogP contribution in [0.3, 0.4) is 0 Å². The summed E-state index contributed by atoms with van der Waals surface area (Å²) in [6, 6.07) is 0. The van der Waals surface area contributed by atoms with Crippen LogP contribution in [0, 0.1) is 23.7 Å². The van der Waals surface area contributed by atoms with Gasteiger partial charge in [0.1, 0.15) is 0 Å². The monoisotopic (exact) mass is 928 g/mol. The first kappa shape index (κ1) is 58.5. The van der Waals surface area contributed by atoms with Crippen molar-refractivity contribution in [3.8, 4) is 0 Å². The van der Waals surface area contributed by atoms with Gasteiger partial charge < -0.3 is 19.8 Å². The van der Waals surface area contributed by atoms with E-state index in [-0.39, 0.29) is 21.1 Å². The predicted molar refractivity (Wildman–Crippen MR) is 246 cm³/mol. The summed E-state index contributed by atoms with van der Waals surface area (Å²) in [5.74, 6) is 4.60. The maximum absolute atomic E-state index is 11.4. The van der Waals surface area contributed by atoms with Crippen LogP contribution in [0.5, 0.6) is 0 Å². The van der Waals surface area contributed by atoms with Gasteiger partial charge in [-0.2, -0.15) is 0 Å². The van der Waals surface area contributed by atoms with Crippen molar-refractivity contribution in [1.29, 1.82) is 0 Å². The zero-order chi connectivity index (χ0) is 40.5. The Balaban J connectivity index is -0.000000768. The van der Waals surface area contributed by atoms with Gasteiger partial charge in [0.15, 0.2) is 0 Å². The zero-order valence-electron chi connectivity index (χ0n) is 36.6. The summed E-state index contributed by atoms with van der Waals surface area (Å²) in [7, 11) is 0. The first-order valence-corrected chi connectivity index (χ1v) is 30.4. The van der Waals surface area contributed by atoms with Gasteiger partial charge in [-0.1, -0.05) is 132 Å². The van der Waals surface area contributed by atoms with Crippen LogP contribution in [0.15, 0.2) is 0 Å². The fourth-order valence-corrected chi connectivity index (χ4v) is 15.4. The van der Waals surface area contributed by atoms with E-state index in [1.807, 2.05) is 0 Å². The van der Waals surface area contributed by atoms with Crippen molar-refractivity contribution in [2.24, 2.45) is 23.7 Å². The van der Waals surface area contributed by atoms with Gasteiger partial charge in [0.05, 0.1) is 21.1 Å². The van der Waals surface area contributed by atoms with Crippen molar-refractivity contribution in [2.75, 3.05) is 23.0 Å². The van der Waals surface area contributed by atoms with Crippen LogP contribution in [0.25, 0.3) is 0 Å². The van der Waals surface area contributed by atoms with Gasteiger partial charge in [0.25, 0.3) is 0 Å². The molecule has 0 N–H and O–H groups in total. The van der Waals surface area contributed by atoms with Crippen LogP contribution in [0.1, 0.15) is 198 Å². The average molecular weight is 928 g/mol. The number of unbranched alkanes of at least 4 members (excludes halogenated alkanes) is 6. The molecule has 0 bridgehead atoms. The number of rotatable bonds is 36. The topological polar surface area (TPSA) is 80.3 Å². The molecule has 0 saturated carbocycles. The SMILES string of the molecule is CCCCC(CC)CSC(SCC(CC)CCCC)C(=O)[O-].CCCCC(CC)CSC(SCC(CC)CCCC)C(=O)[O-].CCC[CH2][Sn+2][CH2]CCC. The van der Waals surface area contributed by atoms with E-state index in [9.17, 15) is 19.8 Å². The number of hydrogen-bond donors (Lipinski definition) is 0. The molecule has 4 nitrogen and oxygen atoms in total. The molecule has 0 aromatic heterocycles. The number of hydrogen-bond acceptors (Lipinski definition) is 8. The molecule has 0 aromatic rings. The summed E-state index contributed by atoms with van der Waals surface area (Å²) < 4.78 is 2.46. The van der Waals surface area contributed by atoms with Crippen LogP contribution >= 0.6 is 47.0 Å². The molecule has 0 fully saturated rings. The Morgan fingerprint density at radius 1 is 0.415 bits per heavy atom. The molecule has 0 rings (SSSR count). The summed E-state index contributed by atoms with van der Waals surface area (Å²) in [4.78, 5) is 22.8. The zero-order valence-corrected chi connectivity index (χ0v) is 42.7. The van der Waals surface area contributed by atoms with E-state index < -0.39 is 21.1 Å². The third-order valence-corrected chi connectivity index (χ3v) is 20.2. The Hall–Kier alpha value is 1.14. The van der Waals surface area contributed by atoms with Crippen molar-refractivity contribution in [2.45, 2.75) is 216 Å². The molecule has 0 aliphatic heterocycles. The summed E-state index contributed by atoms with van der Waals surface area (Å²) in [6.07, 6.45) is 25.2. The van der Waals surface area contributed by atoms with Gasteiger partial charge in [-0.15, -0.1) is 47.0 Å². The molecule has 0 spiro atoms. The normalized spacial score (nSPS) is 14.4. The maximum atomic E-state index is 11.4. The van der Waals surface area contributed by atoms with Crippen LogP contribution in [-0.4, -0.2) is 65.3 Å². The van der Waals surface area contributed by atoms with E-state index >= 15 is 0 Å². The number of thioether (sulfide) groups is 4. The van der Waals surface area contributed by atoms with Crippen LogP contribution in [-0.2, 0) is 9.59 Å².